The number of hydrogen-bond donors (Lipinski definition) is 2. The van der Waals surface area contributed by atoms with Crippen LogP contribution in [0.3, 0.4) is 0 Å². The van der Waals surface area contributed by atoms with Crippen LogP contribution in [0.2, 0.25) is 0 Å². The van der Waals surface area contributed by atoms with Gasteiger partial charge in [-0.3, -0.25) is 9.59 Å². The van der Waals surface area contributed by atoms with E-state index >= 15 is 0 Å². The summed E-state index contributed by atoms with van der Waals surface area (Å²) in [6, 6.07) is 0.282. The van der Waals surface area contributed by atoms with Crippen molar-refractivity contribution in [3.8, 4) is 0 Å². The van der Waals surface area contributed by atoms with E-state index in [1.165, 1.54) is 0 Å². The summed E-state index contributed by atoms with van der Waals surface area (Å²) < 4.78 is 0. The quantitative estimate of drug-likeness (QED) is 0.717. The van der Waals surface area contributed by atoms with Crippen molar-refractivity contribution in [2.75, 3.05) is 26.7 Å². The highest BCUT2D eigenvalue weighted by molar-refractivity contribution is 5.85. The lowest BCUT2D eigenvalue weighted by molar-refractivity contribution is -0.133. The maximum atomic E-state index is 12.1. The predicted octanol–water partition coefficient (Wildman–Crippen LogP) is 0.749. The summed E-state index contributed by atoms with van der Waals surface area (Å²) in [5, 5.41) is 5.84. The minimum absolute atomic E-state index is 0.0218. The molecule has 0 radical (unpaired) electrons. The molecule has 1 fully saturated rings. The first-order valence-corrected chi connectivity index (χ1v) is 7.25. The fraction of sp³-hybridized carbons (Fsp3) is 0.857. The van der Waals surface area contributed by atoms with Gasteiger partial charge in [0.2, 0.25) is 11.8 Å². The molecule has 0 bridgehead atoms. The van der Waals surface area contributed by atoms with Gasteiger partial charge in [0.25, 0.3) is 0 Å². The van der Waals surface area contributed by atoms with Crippen molar-refractivity contribution >= 4 is 11.8 Å². The van der Waals surface area contributed by atoms with Crippen molar-refractivity contribution in [1.82, 2.24) is 15.5 Å². The Kier molecular flexibility index (Phi) is 6.84. The highest BCUT2D eigenvalue weighted by Crippen LogP contribution is 2.16. The Morgan fingerprint density at radius 1 is 1.37 bits per heavy atom. The molecule has 0 saturated carbocycles. The Labute approximate surface area is 116 Å². The molecular formula is C14H27N3O2. The average Bonchev–Trinajstić information content (AvgIpc) is 2.82. The Balaban J connectivity index is 2.28. The van der Waals surface area contributed by atoms with E-state index in [-0.39, 0.29) is 24.4 Å². The number of rotatable bonds is 7. The van der Waals surface area contributed by atoms with Crippen molar-refractivity contribution in [2.24, 2.45) is 5.92 Å². The molecule has 2 N–H and O–H groups in total. The van der Waals surface area contributed by atoms with Gasteiger partial charge in [-0.15, -0.1) is 0 Å². The Hall–Kier alpha value is -1.10. The first kappa shape index (κ1) is 16.0. The van der Waals surface area contributed by atoms with Crippen LogP contribution in [-0.2, 0) is 9.59 Å². The Bertz CT molecular complexity index is 305. The molecule has 0 aromatic heterocycles. The lowest BCUT2D eigenvalue weighted by Gasteiger charge is -2.24. The molecule has 19 heavy (non-hydrogen) atoms. The number of likely N-dealkylation sites (N-methyl/N-ethyl adjacent to an activating group) is 1. The molecule has 1 heterocycles. The van der Waals surface area contributed by atoms with Gasteiger partial charge in [0, 0.05) is 25.6 Å². The topological polar surface area (TPSA) is 61.4 Å². The van der Waals surface area contributed by atoms with Gasteiger partial charge in [-0.1, -0.05) is 13.8 Å². The third-order valence-electron chi connectivity index (χ3n) is 3.52. The van der Waals surface area contributed by atoms with Crippen molar-refractivity contribution in [1.29, 1.82) is 0 Å². The number of carbonyl (C=O) groups excluding carboxylic acids is 2. The van der Waals surface area contributed by atoms with Crippen LogP contribution < -0.4 is 10.6 Å². The van der Waals surface area contributed by atoms with Gasteiger partial charge in [0.05, 0.1) is 6.54 Å². The van der Waals surface area contributed by atoms with E-state index in [2.05, 4.69) is 24.5 Å². The number of amides is 2. The van der Waals surface area contributed by atoms with Gasteiger partial charge in [-0.25, -0.2) is 0 Å². The minimum atomic E-state index is -0.0218. The summed E-state index contributed by atoms with van der Waals surface area (Å²) in [6.45, 7) is 5.95. The SMILES string of the molecule is CNCC1CCCN1C(=O)CNC(=O)CCC(C)C. The predicted molar refractivity (Wildman–Crippen MR) is 75.7 cm³/mol. The maximum Gasteiger partial charge on any atom is 0.242 e. The molecule has 2 amide bonds. The smallest absolute Gasteiger partial charge is 0.242 e. The summed E-state index contributed by atoms with van der Waals surface area (Å²) >= 11 is 0. The van der Waals surface area contributed by atoms with Gasteiger partial charge >= 0.3 is 0 Å². The van der Waals surface area contributed by atoms with Crippen LogP contribution in [0.4, 0.5) is 0 Å². The van der Waals surface area contributed by atoms with E-state index in [9.17, 15) is 9.59 Å². The van der Waals surface area contributed by atoms with Crippen LogP contribution in [-0.4, -0.2) is 49.4 Å². The number of hydrogen-bond acceptors (Lipinski definition) is 3. The molecule has 110 valence electrons. The molecule has 1 aliphatic heterocycles. The van der Waals surface area contributed by atoms with Gasteiger partial charge in [-0.2, -0.15) is 0 Å². The van der Waals surface area contributed by atoms with E-state index in [0.717, 1.165) is 32.4 Å². The standard InChI is InChI=1S/C14H27N3O2/c1-11(2)6-7-13(18)16-10-14(19)17-8-4-5-12(17)9-15-3/h11-12,15H,4-10H2,1-3H3,(H,16,18). The zero-order valence-corrected chi connectivity index (χ0v) is 12.4. The van der Waals surface area contributed by atoms with Gasteiger partial charge in [0.15, 0.2) is 0 Å². The number of nitrogens with zero attached hydrogens (tertiary/aromatic N) is 1. The molecule has 5 nitrogen and oxygen atoms in total. The summed E-state index contributed by atoms with van der Waals surface area (Å²) in [4.78, 5) is 25.5. The fourth-order valence-electron chi connectivity index (χ4n) is 2.40. The van der Waals surface area contributed by atoms with E-state index in [0.29, 0.717) is 12.3 Å². The normalized spacial score (nSPS) is 18.9. The minimum Gasteiger partial charge on any atom is -0.347 e. The third-order valence-corrected chi connectivity index (χ3v) is 3.52. The average molecular weight is 269 g/mol. The highest BCUT2D eigenvalue weighted by atomic mass is 16.2. The molecule has 1 rings (SSSR count). The summed E-state index contributed by atoms with van der Waals surface area (Å²) in [7, 11) is 1.90. The van der Waals surface area contributed by atoms with Crippen LogP contribution >= 0.6 is 0 Å². The van der Waals surface area contributed by atoms with E-state index in [4.69, 9.17) is 0 Å². The summed E-state index contributed by atoms with van der Waals surface area (Å²) in [5.74, 6) is 0.530. The fourth-order valence-corrected chi connectivity index (χ4v) is 2.40. The van der Waals surface area contributed by atoms with Crippen molar-refractivity contribution in [2.45, 2.75) is 45.6 Å². The highest BCUT2D eigenvalue weighted by Gasteiger charge is 2.27. The molecule has 1 unspecified atom stereocenters. The van der Waals surface area contributed by atoms with E-state index in [1.807, 2.05) is 11.9 Å². The molecule has 1 saturated heterocycles. The largest absolute Gasteiger partial charge is 0.347 e. The van der Waals surface area contributed by atoms with E-state index < -0.39 is 0 Å². The van der Waals surface area contributed by atoms with Crippen LogP contribution in [0.5, 0.6) is 0 Å². The molecule has 1 atom stereocenters. The van der Waals surface area contributed by atoms with Crippen molar-refractivity contribution < 1.29 is 9.59 Å². The van der Waals surface area contributed by atoms with Crippen LogP contribution in [0, 0.1) is 5.92 Å². The van der Waals surface area contributed by atoms with E-state index in [1.54, 1.807) is 0 Å². The second-order valence-corrected chi connectivity index (χ2v) is 5.65. The van der Waals surface area contributed by atoms with Gasteiger partial charge in [-0.05, 0) is 32.2 Å². The van der Waals surface area contributed by atoms with Gasteiger partial charge < -0.3 is 15.5 Å². The Morgan fingerprint density at radius 2 is 2.11 bits per heavy atom. The molecular weight excluding hydrogens is 242 g/mol. The third kappa shape index (κ3) is 5.59. The second kappa shape index (κ2) is 8.15. The molecule has 1 aliphatic rings. The number of nitrogens with one attached hydrogen (secondary N) is 2. The Morgan fingerprint density at radius 3 is 2.74 bits per heavy atom. The molecule has 0 aromatic carbocycles. The van der Waals surface area contributed by atoms with Gasteiger partial charge in [0.1, 0.15) is 0 Å². The lowest BCUT2D eigenvalue weighted by Crippen LogP contribution is -2.45. The van der Waals surface area contributed by atoms with Crippen molar-refractivity contribution in [3.63, 3.8) is 0 Å². The first-order valence-electron chi connectivity index (χ1n) is 7.25. The molecule has 5 heteroatoms. The first-order chi connectivity index (χ1) is 9.04. The monoisotopic (exact) mass is 269 g/mol. The van der Waals surface area contributed by atoms with Crippen LogP contribution in [0.15, 0.2) is 0 Å². The van der Waals surface area contributed by atoms with Crippen LogP contribution in [0.1, 0.15) is 39.5 Å². The summed E-state index contributed by atoms with van der Waals surface area (Å²) in [6.07, 6.45) is 3.48. The molecule has 0 aromatic rings. The lowest BCUT2D eigenvalue weighted by atomic mass is 10.1. The van der Waals surface area contributed by atoms with Crippen molar-refractivity contribution in [3.05, 3.63) is 0 Å². The molecule has 0 spiro atoms. The zero-order valence-electron chi connectivity index (χ0n) is 12.4. The number of carbonyl (C=O) groups is 2. The number of likely N-dealkylation sites (tertiary alicyclic amines) is 1. The van der Waals surface area contributed by atoms with Crippen LogP contribution in [0.25, 0.3) is 0 Å². The maximum absolute atomic E-state index is 12.1. The zero-order chi connectivity index (χ0) is 14.3. The molecule has 0 aliphatic carbocycles. The summed E-state index contributed by atoms with van der Waals surface area (Å²) in [5.41, 5.74) is 0. The second-order valence-electron chi connectivity index (χ2n) is 5.65.